The normalized spacial score (nSPS) is 10.3. The van der Waals surface area contributed by atoms with Crippen LogP contribution in [0.2, 0.25) is 0 Å². The van der Waals surface area contributed by atoms with E-state index in [1.54, 1.807) is 13.0 Å². The van der Waals surface area contributed by atoms with Gasteiger partial charge in [-0.15, -0.1) is 0 Å². The second-order valence-electron chi connectivity index (χ2n) is 3.57. The van der Waals surface area contributed by atoms with Crippen molar-refractivity contribution in [1.29, 1.82) is 0 Å². The fourth-order valence-electron chi connectivity index (χ4n) is 1.32. The Morgan fingerprint density at radius 1 is 1.24 bits per heavy atom. The minimum absolute atomic E-state index is 0.118. The monoisotopic (exact) mass is 237 g/mol. The van der Waals surface area contributed by atoms with Crippen molar-refractivity contribution < 1.29 is 18.0 Å². The number of aryl methyl sites for hydroxylation is 1. The first-order chi connectivity index (χ1) is 8.06. The van der Waals surface area contributed by atoms with Gasteiger partial charge in [0.2, 0.25) is 0 Å². The first-order valence-electron chi connectivity index (χ1n) is 4.88. The molecule has 1 amide bonds. The highest BCUT2D eigenvalue weighted by atomic mass is 19.2. The van der Waals surface area contributed by atoms with Crippen LogP contribution in [-0.2, 0) is 0 Å². The van der Waals surface area contributed by atoms with Gasteiger partial charge in [-0.25, -0.2) is 8.78 Å². The molecule has 0 fully saturated rings. The summed E-state index contributed by atoms with van der Waals surface area (Å²) in [7, 11) is 0. The number of carbonyl (C=O) groups is 1. The van der Waals surface area contributed by atoms with E-state index in [-0.39, 0.29) is 11.4 Å². The predicted octanol–water partition coefficient (Wildman–Crippen LogP) is 3.12. The molecule has 5 heteroatoms. The molecule has 2 rings (SSSR count). The summed E-state index contributed by atoms with van der Waals surface area (Å²) in [5.41, 5.74) is 0.975. The van der Waals surface area contributed by atoms with Gasteiger partial charge in [0.25, 0.3) is 5.91 Å². The van der Waals surface area contributed by atoms with Gasteiger partial charge in [-0.3, -0.25) is 4.79 Å². The van der Waals surface area contributed by atoms with Crippen LogP contribution in [0.3, 0.4) is 0 Å². The van der Waals surface area contributed by atoms with Gasteiger partial charge in [0.15, 0.2) is 17.4 Å². The Morgan fingerprint density at radius 3 is 2.59 bits per heavy atom. The molecule has 0 spiro atoms. The molecule has 1 N–H and O–H groups in total. The van der Waals surface area contributed by atoms with Gasteiger partial charge >= 0.3 is 0 Å². The fraction of sp³-hybridized carbons (Fsp3) is 0.0833. The highest BCUT2D eigenvalue weighted by Crippen LogP contribution is 2.15. The Morgan fingerprint density at radius 2 is 2.00 bits per heavy atom. The van der Waals surface area contributed by atoms with E-state index >= 15 is 0 Å². The first-order valence-corrected chi connectivity index (χ1v) is 4.88. The Labute approximate surface area is 96.1 Å². The van der Waals surface area contributed by atoms with Gasteiger partial charge in [-0.05, 0) is 30.7 Å². The number of anilines is 1. The van der Waals surface area contributed by atoms with E-state index < -0.39 is 17.5 Å². The lowest BCUT2D eigenvalue weighted by atomic mass is 10.3. The SMILES string of the molecule is Cc1coc(C(=O)Nc2ccc(F)c(F)c2)c1. The van der Waals surface area contributed by atoms with Gasteiger partial charge in [0.05, 0.1) is 6.26 Å². The van der Waals surface area contributed by atoms with E-state index in [0.717, 1.165) is 17.7 Å². The van der Waals surface area contributed by atoms with Crippen molar-refractivity contribution >= 4 is 11.6 Å². The van der Waals surface area contributed by atoms with Crippen LogP contribution in [0, 0.1) is 18.6 Å². The summed E-state index contributed by atoms with van der Waals surface area (Å²) in [6, 6.07) is 4.67. The number of halogens is 2. The average molecular weight is 237 g/mol. The van der Waals surface area contributed by atoms with Crippen LogP contribution in [0.1, 0.15) is 16.1 Å². The van der Waals surface area contributed by atoms with Crippen molar-refractivity contribution in [3.8, 4) is 0 Å². The number of nitrogens with one attached hydrogen (secondary N) is 1. The molecule has 0 aliphatic carbocycles. The smallest absolute Gasteiger partial charge is 0.291 e. The molecule has 0 atom stereocenters. The van der Waals surface area contributed by atoms with Gasteiger partial charge in [0, 0.05) is 11.8 Å². The molecule has 2 aromatic rings. The maximum Gasteiger partial charge on any atom is 0.291 e. The highest BCUT2D eigenvalue weighted by Gasteiger charge is 2.11. The number of benzene rings is 1. The van der Waals surface area contributed by atoms with E-state index in [4.69, 9.17) is 4.42 Å². The quantitative estimate of drug-likeness (QED) is 0.871. The zero-order valence-electron chi connectivity index (χ0n) is 8.96. The lowest BCUT2D eigenvalue weighted by Gasteiger charge is -2.03. The van der Waals surface area contributed by atoms with Crippen LogP contribution < -0.4 is 5.32 Å². The van der Waals surface area contributed by atoms with Gasteiger partial charge in [-0.1, -0.05) is 0 Å². The van der Waals surface area contributed by atoms with Crippen molar-refractivity contribution in [2.45, 2.75) is 6.92 Å². The summed E-state index contributed by atoms with van der Waals surface area (Å²) in [5, 5.41) is 2.40. The lowest BCUT2D eigenvalue weighted by molar-refractivity contribution is 0.0996. The minimum Gasteiger partial charge on any atom is -0.459 e. The molecular formula is C12H9F2NO2. The number of amides is 1. The molecule has 1 aromatic heterocycles. The summed E-state index contributed by atoms with van der Waals surface area (Å²) in [6.45, 7) is 1.78. The third-order valence-corrected chi connectivity index (χ3v) is 2.13. The number of hydrogen-bond acceptors (Lipinski definition) is 2. The molecule has 0 aliphatic heterocycles. The number of rotatable bonds is 2. The standard InChI is InChI=1S/C12H9F2NO2/c1-7-4-11(17-6-7)12(16)15-8-2-3-9(13)10(14)5-8/h2-6H,1H3,(H,15,16). The lowest BCUT2D eigenvalue weighted by Crippen LogP contribution is -2.11. The molecule has 1 aromatic carbocycles. The van der Waals surface area contributed by atoms with E-state index in [2.05, 4.69) is 5.32 Å². The van der Waals surface area contributed by atoms with Crippen LogP contribution in [0.15, 0.2) is 34.9 Å². The van der Waals surface area contributed by atoms with E-state index in [9.17, 15) is 13.6 Å². The summed E-state index contributed by atoms with van der Waals surface area (Å²) in [6.07, 6.45) is 1.43. The van der Waals surface area contributed by atoms with Crippen molar-refractivity contribution in [1.82, 2.24) is 0 Å². The maximum absolute atomic E-state index is 12.9. The molecule has 17 heavy (non-hydrogen) atoms. The van der Waals surface area contributed by atoms with Crippen molar-refractivity contribution in [3.63, 3.8) is 0 Å². The molecule has 0 radical (unpaired) electrons. The van der Waals surface area contributed by atoms with Crippen molar-refractivity contribution in [2.24, 2.45) is 0 Å². The minimum atomic E-state index is -1.02. The summed E-state index contributed by atoms with van der Waals surface area (Å²) < 4.78 is 30.5. The molecule has 0 saturated carbocycles. The first kappa shape index (κ1) is 11.3. The average Bonchev–Trinajstić information content (AvgIpc) is 2.70. The predicted molar refractivity (Wildman–Crippen MR) is 57.8 cm³/mol. The summed E-state index contributed by atoms with van der Waals surface area (Å²) in [4.78, 5) is 11.6. The maximum atomic E-state index is 12.9. The Balaban J connectivity index is 2.15. The molecular weight excluding hydrogens is 228 g/mol. The third kappa shape index (κ3) is 2.50. The zero-order valence-corrected chi connectivity index (χ0v) is 8.96. The van der Waals surface area contributed by atoms with Crippen LogP contribution in [0.5, 0.6) is 0 Å². The Bertz CT molecular complexity index is 563. The van der Waals surface area contributed by atoms with Gasteiger partial charge in [0.1, 0.15) is 0 Å². The van der Waals surface area contributed by atoms with Crippen LogP contribution in [0.25, 0.3) is 0 Å². The molecule has 3 nitrogen and oxygen atoms in total. The Hall–Kier alpha value is -2.17. The molecule has 1 heterocycles. The van der Waals surface area contributed by atoms with Crippen molar-refractivity contribution in [2.75, 3.05) is 5.32 Å². The summed E-state index contributed by atoms with van der Waals surface area (Å²) in [5.74, 6) is -2.37. The molecule has 0 bridgehead atoms. The zero-order chi connectivity index (χ0) is 12.4. The Kier molecular flexibility index (Phi) is 2.91. The van der Waals surface area contributed by atoms with E-state index in [1.807, 2.05) is 0 Å². The van der Waals surface area contributed by atoms with Gasteiger partial charge in [-0.2, -0.15) is 0 Å². The second-order valence-corrected chi connectivity index (χ2v) is 3.57. The van der Waals surface area contributed by atoms with E-state index in [1.165, 1.54) is 12.3 Å². The number of hydrogen-bond donors (Lipinski definition) is 1. The molecule has 0 aliphatic rings. The molecule has 0 saturated heterocycles. The fourth-order valence-corrected chi connectivity index (χ4v) is 1.32. The largest absolute Gasteiger partial charge is 0.459 e. The number of furan rings is 1. The third-order valence-electron chi connectivity index (χ3n) is 2.13. The number of carbonyl (C=O) groups excluding carboxylic acids is 1. The topological polar surface area (TPSA) is 42.2 Å². The molecule has 0 unspecified atom stereocenters. The van der Waals surface area contributed by atoms with Crippen LogP contribution in [0.4, 0.5) is 14.5 Å². The van der Waals surface area contributed by atoms with Crippen LogP contribution >= 0.6 is 0 Å². The molecule has 88 valence electrons. The van der Waals surface area contributed by atoms with Gasteiger partial charge < -0.3 is 9.73 Å². The van der Waals surface area contributed by atoms with Crippen LogP contribution in [-0.4, -0.2) is 5.91 Å². The second kappa shape index (κ2) is 4.37. The highest BCUT2D eigenvalue weighted by molar-refractivity contribution is 6.02. The summed E-state index contributed by atoms with van der Waals surface area (Å²) >= 11 is 0. The van der Waals surface area contributed by atoms with E-state index in [0.29, 0.717) is 0 Å². The van der Waals surface area contributed by atoms with Crippen molar-refractivity contribution in [3.05, 3.63) is 53.5 Å².